The van der Waals surface area contributed by atoms with Gasteiger partial charge in [-0.1, -0.05) is 29.4 Å². The SMILES string of the molecule is CCOC(=O)CSc1nc2c(cnn2-c2cccc(Cl)c2)c(=O)[nH]1. The van der Waals surface area contributed by atoms with Crippen LogP contribution in [0.1, 0.15) is 6.92 Å². The van der Waals surface area contributed by atoms with Crippen molar-refractivity contribution < 1.29 is 9.53 Å². The molecule has 9 heteroatoms. The first kappa shape index (κ1) is 16.5. The normalized spacial score (nSPS) is 10.9. The Hall–Kier alpha value is -2.32. The molecule has 0 radical (unpaired) electrons. The summed E-state index contributed by atoms with van der Waals surface area (Å²) >= 11 is 7.10. The maximum Gasteiger partial charge on any atom is 0.316 e. The van der Waals surface area contributed by atoms with Gasteiger partial charge in [-0.25, -0.2) is 9.67 Å². The fraction of sp³-hybridized carbons (Fsp3) is 0.200. The van der Waals surface area contributed by atoms with Gasteiger partial charge in [-0.15, -0.1) is 0 Å². The number of aromatic amines is 1. The third-order valence-corrected chi connectivity index (χ3v) is 4.18. The molecule has 0 amide bonds. The molecule has 0 atom stereocenters. The number of esters is 1. The van der Waals surface area contributed by atoms with E-state index in [-0.39, 0.29) is 17.3 Å². The summed E-state index contributed by atoms with van der Waals surface area (Å²) in [4.78, 5) is 30.6. The Kier molecular flexibility index (Phi) is 4.86. The number of nitrogens with one attached hydrogen (secondary N) is 1. The van der Waals surface area contributed by atoms with Gasteiger partial charge in [0.15, 0.2) is 10.8 Å². The van der Waals surface area contributed by atoms with Crippen LogP contribution in [-0.2, 0) is 9.53 Å². The van der Waals surface area contributed by atoms with Gasteiger partial charge in [0.25, 0.3) is 5.56 Å². The quantitative estimate of drug-likeness (QED) is 0.425. The molecular formula is C15H13ClN4O3S. The van der Waals surface area contributed by atoms with E-state index >= 15 is 0 Å². The smallest absolute Gasteiger partial charge is 0.316 e. The summed E-state index contributed by atoms with van der Waals surface area (Å²) in [5.74, 6) is -0.304. The van der Waals surface area contributed by atoms with Crippen LogP contribution in [0.2, 0.25) is 5.02 Å². The molecule has 3 aromatic rings. The van der Waals surface area contributed by atoms with E-state index in [1.807, 2.05) is 6.07 Å². The second-order valence-electron chi connectivity index (χ2n) is 4.74. The van der Waals surface area contributed by atoms with Crippen molar-refractivity contribution >= 4 is 40.4 Å². The van der Waals surface area contributed by atoms with Crippen molar-refractivity contribution in [3.63, 3.8) is 0 Å². The first-order chi connectivity index (χ1) is 11.6. The highest BCUT2D eigenvalue weighted by molar-refractivity contribution is 7.99. The van der Waals surface area contributed by atoms with Gasteiger partial charge in [0.1, 0.15) is 5.39 Å². The Balaban J connectivity index is 1.98. The Bertz CT molecular complexity index is 953. The Labute approximate surface area is 146 Å². The molecule has 0 saturated heterocycles. The number of carbonyl (C=O) groups excluding carboxylic acids is 1. The van der Waals surface area contributed by atoms with Gasteiger partial charge in [-0.3, -0.25) is 9.59 Å². The number of aromatic nitrogens is 4. The van der Waals surface area contributed by atoms with Crippen LogP contribution in [0.4, 0.5) is 0 Å². The van der Waals surface area contributed by atoms with Crippen LogP contribution in [0.3, 0.4) is 0 Å². The van der Waals surface area contributed by atoms with Crippen molar-refractivity contribution in [2.24, 2.45) is 0 Å². The summed E-state index contributed by atoms with van der Waals surface area (Å²) in [5, 5.41) is 5.44. The summed E-state index contributed by atoms with van der Waals surface area (Å²) < 4.78 is 6.39. The third kappa shape index (κ3) is 3.44. The molecule has 0 unspecified atom stereocenters. The number of halogens is 1. The predicted molar refractivity (Wildman–Crippen MR) is 91.9 cm³/mol. The van der Waals surface area contributed by atoms with Crippen molar-refractivity contribution in [3.8, 4) is 5.69 Å². The molecule has 0 spiro atoms. The highest BCUT2D eigenvalue weighted by Crippen LogP contribution is 2.20. The van der Waals surface area contributed by atoms with Crippen molar-refractivity contribution in [3.05, 3.63) is 45.8 Å². The summed E-state index contributed by atoms with van der Waals surface area (Å²) in [7, 11) is 0. The zero-order valence-corrected chi connectivity index (χ0v) is 14.2. The molecule has 2 heterocycles. The highest BCUT2D eigenvalue weighted by Gasteiger charge is 2.13. The van der Waals surface area contributed by atoms with Crippen LogP contribution >= 0.6 is 23.4 Å². The van der Waals surface area contributed by atoms with E-state index in [1.54, 1.807) is 25.1 Å². The van der Waals surface area contributed by atoms with Crippen molar-refractivity contribution in [1.29, 1.82) is 0 Å². The summed E-state index contributed by atoms with van der Waals surface area (Å²) in [6.07, 6.45) is 1.45. The van der Waals surface area contributed by atoms with E-state index in [1.165, 1.54) is 10.9 Å². The number of ether oxygens (including phenoxy) is 1. The topological polar surface area (TPSA) is 89.9 Å². The van der Waals surface area contributed by atoms with E-state index in [2.05, 4.69) is 15.1 Å². The lowest BCUT2D eigenvalue weighted by molar-refractivity contribution is -0.139. The zero-order chi connectivity index (χ0) is 17.1. The molecule has 0 aliphatic carbocycles. The van der Waals surface area contributed by atoms with E-state index in [0.29, 0.717) is 33.5 Å². The van der Waals surface area contributed by atoms with Gasteiger partial charge in [0.2, 0.25) is 0 Å². The molecule has 24 heavy (non-hydrogen) atoms. The predicted octanol–water partition coefficient (Wildman–Crippen LogP) is 2.42. The molecule has 2 aromatic heterocycles. The number of nitrogens with zero attached hydrogens (tertiary/aromatic N) is 3. The number of fused-ring (bicyclic) bond motifs is 1. The highest BCUT2D eigenvalue weighted by atomic mass is 35.5. The Morgan fingerprint density at radius 1 is 1.46 bits per heavy atom. The van der Waals surface area contributed by atoms with Gasteiger partial charge >= 0.3 is 5.97 Å². The van der Waals surface area contributed by atoms with Crippen LogP contribution in [0.25, 0.3) is 16.7 Å². The maximum atomic E-state index is 12.2. The molecule has 0 bridgehead atoms. The van der Waals surface area contributed by atoms with E-state index < -0.39 is 0 Å². The molecule has 7 nitrogen and oxygen atoms in total. The standard InChI is InChI=1S/C15H13ClN4O3S/c1-2-23-12(21)8-24-15-18-13-11(14(22)19-15)7-17-20(13)10-5-3-4-9(16)6-10/h3-7H,2,8H2,1H3,(H,18,19,22). The lowest BCUT2D eigenvalue weighted by Gasteiger charge is -2.05. The monoisotopic (exact) mass is 364 g/mol. The van der Waals surface area contributed by atoms with Gasteiger partial charge in [0, 0.05) is 5.02 Å². The number of thioether (sulfide) groups is 1. The van der Waals surface area contributed by atoms with Crippen molar-refractivity contribution in [1.82, 2.24) is 19.7 Å². The number of H-pyrrole nitrogens is 1. The molecule has 0 fully saturated rings. The lowest BCUT2D eigenvalue weighted by Crippen LogP contribution is -2.12. The number of hydrogen-bond donors (Lipinski definition) is 1. The second-order valence-corrected chi connectivity index (χ2v) is 6.14. The minimum absolute atomic E-state index is 0.0631. The van der Waals surface area contributed by atoms with E-state index in [9.17, 15) is 9.59 Å². The molecule has 1 N–H and O–H groups in total. The van der Waals surface area contributed by atoms with Gasteiger partial charge in [0.05, 0.1) is 24.2 Å². The van der Waals surface area contributed by atoms with Crippen molar-refractivity contribution in [2.75, 3.05) is 12.4 Å². The zero-order valence-electron chi connectivity index (χ0n) is 12.7. The van der Waals surface area contributed by atoms with Crippen molar-refractivity contribution in [2.45, 2.75) is 12.1 Å². The van der Waals surface area contributed by atoms with Gasteiger partial charge in [-0.05, 0) is 25.1 Å². The number of benzene rings is 1. The van der Waals surface area contributed by atoms with Crippen LogP contribution < -0.4 is 5.56 Å². The molecule has 0 saturated carbocycles. The average Bonchev–Trinajstić information content (AvgIpc) is 2.98. The van der Waals surface area contributed by atoms with Crippen LogP contribution in [-0.4, -0.2) is 38.1 Å². The van der Waals surface area contributed by atoms with E-state index in [4.69, 9.17) is 16.3 Å². The van der Waals surface area contributed by atoms with Crippen LogP contribution in [0.15, 0.2) is 40.4 Å². The van der Waals surface area contributed by atoms with Crippen LogP contribution in [0, 0.1) is 0 Å². The number of carbonyl (C=O) groups is 1. The van der Waals surface area contributed by atoms with Gasteiger partial charge in [-0.2, -0.15) is 5.10 Å². The van der Waals surface area contributed by atoms with Crippen LogP contribution in [0.5, 0.6) is 0 Å². The lowest BCUT2D eigenvalue weighted by atomic mass is 10.3. The second kappa shape index (κ2) is 7.06. The minimum atomic E-state index is -0.367. The molecule has 3 rings (SSSR count). The first-order valence-corrected chi connectivity index (χ1v) is 8.47. The summed E-state index contributed by atoms with van der Waals surface area (Å²) in [6.45, 7) is 2.04. The Morgan fingerprint density at radius 3 is 3.04 bits per heavy atom. The number of rotatable bonds is 5. The Morgan fingerprint density at radius 2 is 2.29 bits per heavy atom. The molecule has 1 aromatic carbocycles. The summed E-state index contributed by atoms with van der Waals surface area (Å²) in [6, 6.07) is 7.07. The fourth-order valence-electron chi connectivity index (χ4n) is 2.09. The fourth-order valence-corrected chi connectivity index (χ4v) is 2.93. The summed E-state index contributed by atoms with van der Waals surface area (Å²) in [5.41, 5.74) is 0.768. The molecular weight excluding hydrogens is 352 g/mol. The average molecular weight is 365 g/mol. The number of hydrogen-bond acceptors (Lipinski definition) is 6. The molecule has 124 valence electrons. The molecule has 0 aliphatic rings. The van der Waals surface area contributed by atoms with Gasteiger partial charge < -0.3 is 9.72 Å². The third-order valence-electron chi connectivity index (χ3n) is 3.10. The minimum Gasteiger partial charge on any atom is -0.465 e. The molecule has 0 aliphatic heterocycles. The maximum absolute atomic E-state index is 12.2. The first-order valence-electron chi connectivity index (χ1n) is 7.11. The largest absolute Gasteiger partial charge is 0.465 e. The van der Waals surface area contributed by atoms with E-state index in [0.717, 1.165) is 11.8 Å².